The number of amides is 1. The fourth-order valence-electron chi connectivity index (χ4n) is 4.20. The van der Waals surface area contributed by atoms with Gasteiger partial charge in [0.2, 0.25) is 5.91 Å². The normalized spacial score (nSPS) is 13.9. The van der Waals surface area contributed by atoms with Crippen molar-refractivity contribution in [3.8, 4) is 0 Å². The van der Waals surface area contributed by atoms with Crippen molar-refractivity contribution in [2.75, 3.05) is 6.54 Å². The number of aryl methyl sites for hydroxylation is 3. The van der Waals surface area contributed by atoms with E-state index in [4.69, 9.17) is 0 Å². The summed E-state index contributed by atoms with van der Waals surface area (Å²) in [7, 11) is 0. The summed E-state index contributed by atoms with van der Waals surface area (Å²) in [5.74, 6) is -0.300. The summed E-state index contributed by atoms with van der Waals surface area (Å²) in [6.45, 7) is 5.27. The molecule has 4 heterocycles. The Hall–Kier alpha value is -3.00. The highest BCUT2D eigenvalue weighted by molar-refractivity contribution is 7.18. The Kier molecular flexibility index (Phi) is 4.47. The van der Waals surface area contributed by atoms with E-state index in [2.05, 4.69) is 9.97 Å². The van der Waals surface area contributed by atoms with Crippen LogP contribution in [-0.2, 0) is 24.3 Å². The second-order valence-electron chi connectivity index (χ2n) is 7.79. The average Bonchev–Trinajstić information content (AvgIpc) is 3.24. The van der Waals surface area contributed by atoms with Gasteiger partial charge in [-0.25, -0.2) is 9.37 Å². The summed E-state index contributed by atoms with van der Waals surface area (Å²) in [5.41, 5.74) is 3.80. The first kappa shape index (κ1) is 19.0. The lowest BCUT2D eigenvalue weighted by atomic mass is 10.0. The predicted molar refractivity (Wildman–Crippen MR) is 115 cm³/mol. The van der Waals surface area contributed by atoms with Crippen LogP contribution in [0.15, 0.2) is 29.3 Å². The van der Waals surface area contributed by atoms with Gasteiger partial charge in [-0.2, -0.15) is 0 Å². The van der Waals surface area contributed by atoms with Crippen LogP contribution in [0.5, 0.6) is 0 Å². The van der Waals surface area contributed by atoms with Crippen LogP contribution in [0.3, 0.4) is 0 Å². The molecule has 1 aromatic carbocycles. The quantitative estimate of drug-likeness (QED) is 0.546. The summed E-state index contributed by atoms with van der Waals surface area (Å²) in [5, 5.41) is 1.48. The summed E-state index contributed by atoms with van der Waals surface area (Å²) < 4.78 is 15.2. The van der Waals surface area contributed by atoms with Crippen LogP contribution >= 0.6 is 11.3 Å². The van der Waals surface area contributed by atoms with E-state index in [0.29, 0.717) is 31.4 Å². The fourth-order valence-corrected chi connectivity index (χ4v) is 5.19. The van der Waals surface area contributed by atoms with Gasteiger partial charge in [-0.1, -0.05) is 0 Å². The lowest BCUT2D eigenvalue weighted by Gasteiger charge is -2.27. The summed E-state index contributed by atoms with van der Waals surface area (Å²) in [4.78, 5) is 37.0. The minimum absolute atomic E-state index is 0.0170. The monoisotopic (exact) mass is 424 g/mol. The highest BCUT2D eigenvalue weighted by Gasteiger charge is 2.24. The van der Waals surface area contributed by atoms with Gasteiger partial charge in [0.05, 0.1) is 11.7 Å². The second-order valence-corrected chi connectivity index (χ2v) is 9.00. The molecule has 0 saturated heterocycles. The number of hydrogen-bond acceptors (Lipinski definition) is 4. The Balaban J connectivity index is 1.35. The van der Waals surface area contributed by atoms with Gasteiger partial charge >= 0.3 is 0 Å². The van der Waals surface area contributed by atoms with Crippen LogP contribution in [0.2, 0.25) is 0 Å². The molecule has 1 amide bonds. The number of H-pyrrole nitrogens is 1. The number of aromatic amines is 1. The van der Waals surface area contributed by atoms with Gasteiger partial charge < -0.3 is 9.88 Å². The lowest BCUT2D eigenvalue weighted by molar-refractivity contribution is -0.132. The topological polar surface area (TPSA) is 71.0 Å². The molecule has 154 valence electrons. The van der Waals surface area contributed by atoms with Gasteiger partial charge in [-0.05, 0) is 37.6 Å². The standard InChI is InChI=1S/C22H21FN4O2S/c1-12-13(2)30-21-20(12)22(29)27(11-24-21)8-6-19(28)26-7-5-18-16(10-26)15-9-14(23)3-4-17(15)25-18/h3-4,9,11,25H,5-8,10H2,1-2H3. The minimum atomic E-state index is -0.283. The van der Waals surface area contributed by atoms with Gasteiger partial charge in [-0.15, -0.1) is 11.3 Å². The minimum Gasteiger partial charge on any atom is -0.358 e. The van der Waals surface area contributed by atoms with Gasteiger partial charge in [0.1, 0.15) is 10.6 Å². The molecule has 8 heteroatoms. The predicted octanol–water partition coefficient (Wildman–Crippen LogP) is 3.67. The first-order valence-electron chi connectivity index (χ1n) is 9.94. The average molecular weight is 425 g/mol. The van der Waals surface area contributed by atoms with Gasteiger partial charge in [0.25, 0.3) is 5.56 Å². The molecule has 0 spiro atoms. The van der Waals surface area contributed by atoms with Crippen LogP contribution < -0.4 is 5.56 Å². The molecule has 4 aromatic rings. The van der Waals surface area contributed by atoms with E-state index >= 15 is 0 Å². The Morgan fingerprint density at radius 3 is 3.00 bits per heavy atom. The molecule has 0 aliphatic carbocycles. The maximum absolute atomic E-state index is 13.7. The number of carbonyl (C=O) groups excluding carboxylic acids is 1. The van der Waals surface area contributed by atoms with Crippen molar-refractivity contribution in [2.45, 2.75) is 39.8 Å². The number of nitrogens with zero attached hydrogens (tertiary/aromatic N) is 3. The molecule has 0 radical (unpaired) electrons. The number of rotatable bonds is 3. The number of carbonyl (C=O) groups is 1. The van der Waals surface area contributed by atoms with E-state index in [9.17, 15) is 14.0 Å². The molecule has 0 saturated carbocycles. The van der Waals surface area contributed by atoms with Crippen molar-refractivity contribution in [3.63, 3.8) is 0 Å². The molecule has 3 aromatic heterocycles. The molecule has 6 nitrogen and oxygen atoms in total. The maximum atomic E-state index is 13.7. The van der Waals surface area contributed by atoms with E-state index in [1.807, 2.05) is 13.8 Å². The third kappa shape index (κ3) is 3.02. The van der Waals surface area contributed by atoms with Crippen molar-refractivity contribution in [2.24, 2.45) is 0 Å². The summed E-state index contributed by atoms with van der Waals surface area (Å²) in [6.07, 6.45) is 2.46. The first-order valence-corrected chi connectivity index (χ1v) is 10.8. The van der Waals surface area contributed by atoms with E-state index in [-0.39, 0.29) is 23.7 Å². The fraction of sp³-hybridized carbons (Fsp3) is 0.318. The molecule has 1 aliphatic heterocycles. The molecule has 30 heavy (non-hydrogen) atoms. The SMILES string of the molecule is Cc1sc2ncn(CCC(=O)N3CCc4[nH]c5ccc(F)cc5c4C3)c(=O)c2c1C. The molecular formula is C22H21FN4O2S. The number of aromatic nitrogens is 3. The Labute approximate surface area is 176 Å². The Morgan fingerprint density at radius 1 is 1.33 bits per heavy atom. The number of benzene rings is 1. The second kappa shape index (κ2) is 7.05. The molecule has 0 bridgehead atoms. The zero-order valence-electron chi connectivity index (χ0n) is 16.8. The first-order chi connectivity index (χ1) is 14.4. The van der Waals surface area contributed by atoms with Crippen LogP contribution in [0.1, 0.15) is 28.1 Å². The lowest BCUT2D eigenvalue weighted by Crippen LogP contribution is -2.36. The summed E-state index contributed by atoms with van der Waals surface area (Å²) >= 11 is 1.52. The van der Waals surface area contributed by atoms with Crippen molar-refractivity contribution < 1.29 is 9.18 Å². The van der Waals surface area contributed by atoms with Gasteiger partial charge in [0, 0.05) is 59.5 Å². The van der Waals surface area contributed by atoms with Crippen LogP contribution in [0.4, 0.5) is 4.39 Å². The van der Waals surface area contributed by atoms with E-state index in [1.54, 1.807) is 11.0 Å². The Bertz CT molecular complexity index is 1370. The van der Waals surface area contributed by atoms with E-state index in [0.717, 1.165) is 37.4 Å². The van der Waals surface area contributed by atoms with E-state index < -0.39 is 0 Å². The molecule has 1 aliphatic rings. The highest BCUT2D eigenvalue weighted by Crippen LogP contribution is 2.29. The smallest absolute Gasteiger partial charge is 0.262 e. The van der Waals surface area contributed by atoms with Crippen LogP contribution in [-0.4, -0.2) is 31.9 Å². The van der Waals surface area contributed by atoms with Crippen molar-refractivity contribution in [1.82, 2.24) is 19.4 Å². The highest BCUT2D eigenvalue weighted by atomic mass is 32.1. The molecule has 0 fully saturated rings. The van der Waals surface area contributed by atoms with Crippen molar-refractivity contribution in [3.05, 3.63) is 62.4 Å². The van der Waals surface area contributed by atoms with Gasteiger partial charge in [0.15, 0.2) is 0 Å². The van der Waals surface area contributed by atoms with Crippen LogP contribution in [0, 0.1) is 19.7 Å². The van der Waals surface area contributed by atoms with Crippen molar-refractivity contribution >= 4 is 38.4 Å². The zero-order valence-corrected chi connectivity index (χ0v) is 17.6. The third-order valence-electron chi connectivity index (χ3n) is 6.01. The molecule has 0 unspecified atom stereocenters. The molecular weight excluding hydrogens is 403 g/mol. The zero-order chi connectivity index (χ0) is 21.0. The number of thiophene rings is 1. The van der Waals surface area contributed by atoms with E-state index in [1.165, 1.54) is 34.4 Å². The molecule has 0 atom stereocenters. The molecule has 5 rings (SSSR count). The number of nitrogens with one attached hydrogen (secondary N) is 1. The van der Waals surface area contributed by atoms with Gasteiger partial charge in [-0.3, -0.25) is 14.2 Å². The Morgan fingerprint density at radius 2 is 2.17 bits per heavy atom. The van der Waals surface area contributed by atoms with Crippen molar-refractivity contribution in [1.29, 1.82) is 0 Å². The maximum Gasteiger partial charge on any atom is 0.262 e. The third-order valence-corrected chi connectivity index (χ3v) is 7.13. The van der Waals surface area contributed by atoms with Crippen LogP contribution in [0.25, 0.3) is 21.1 Å². The number of hydrogen-bond donors (Lipinski definition) is 1. The molecule has 1 N–H and O–H groups in total. The largest absolute Gasteiger partial charge is 0.358 e. The number of fused-ring (bicyclic) bond motifs is 4. The summed E-state index contributed by atoms with van der Waals surface area (Å²) in [6, 6.07) is 4.69. The number of halogens is 1.